The molecule has 1 aromatic carbocycles. The first-order valence-electron chi connectivity index (χ1n) is 7.48. The van der Waals surface area contributed by atoms with Gasteiger partial charge >= 0.3 is 6.18 Å². The highest BCUT2D eigenvalue weighted by molar-refractivity contribution is 8.00. The lowest BCUT2D eigenvalue weighted by molar-refractivity contribution is -0.188. The highest BCUT2D eigenvalue weighted by atomic mass is 35.5. The average molecular weight is 369 g/mol. The summed E-state index contributed by atoms with van der Waals surface area (Å²) < 4.78 is 41.1. The minimum Gasteiger partial charge on any atom is -0.314 e. The molecule has 0 aliphatic carbocycles. The summed E-state index contributed by atoms with van der Waals surface area (Å²) in [5.74, 6) is 0. The Balaban J connectivity index is 0.00000264. The number of halogens is 4. The topological polar surface area (TPSA) is 15.3 Å². The smallest absolute Gasteiger partial charge is 0.314 e. The Kier molecular flexibility index (Phi) is 7.26. The van der Waals surface area contributed by atoms with Crippen molar-refractivity contribution < 1.29 is 13.2 Å². The number of hydrogen-bond acceptors (Lipinski definition) is 3. The number of piperazine rings is 1. The van der Waals surface area contributed by atoms with E-state index >= 15 is 0 Å². The van der Waals surface area contributed by atoms with E-state index in [-0.39, 0.29) is 17.2 Å². The van der Waals surface area contributed by atoms with Crippen molar-refractivity contribution in [2.75, 3.05) is 26.2 Å². The molecule has 1 aliphatic heterocycles. The maximum absolute atomic E-state index is 13.7. The number of nitrogens with one attached hydrogen (secondary N) is 1. The molecule has 7 heteroatoms. The van der Waals surface area contributed by atoms with Crippen LogP contribution in [0.4, 0.5) is 13.2 Å². The molecule has 0 aromatic heterocycles. The quantitative estimate of drug-likeness (QED) is 0.790. The highest BCUT2D eigenvalue weighted by Crippen LogP contribution is 2.44. The molecule has 132 valence electrons. The fraction of sp³-hybridized carbons (Fsp3) is 0.625. The van der Waals surface area contributed by atoms with E-state index in [1.54, 1.807) is 23.1 Å². The Morgan fingerprint density at radius 3 is 2.17 bits per heavy atom. The molecule has 1 atom stereocenters. The molecule has 0 bridgehead atoms. The van der Waals surface area contributed by atoms with E-state index in [1.165, 1.54) is 11.8 Å². The summed E-state index contributed by atoms with van der Waals surface area (Å²) in [6.07, 6.45) is -4.27. The Labute approximate surface area is 146 Å². The fourth-order valence-electron chi connectivity index (χ4n) is 2.65. The number of nitrogens with zero attached hydrogens (tertiary/aromatic N) is 1. The zero-order valence-electron chi connectivity index (χ0n) is 13.6. The number of hydrogen-bond donors (Lipinski definition) is 1. The van der Waals surface area contributed by atoms with Gasteiger partial charge in [-0.3, -0.25) is 4.90 Å². The van der Waals surface area contributed by atoms with E-state index in [2.05, 4.69) is 5.32 Å². The first-order valence-corrected chi connectivity index (χ1v) is 8.29. The van der Waals surface area contributed by atoms with Crippen molar-refractivity contribution in [1.82, 2.24) is 10.2 Å². The molecule has 0 radical (unpaired) electrons. The van der Waals surface area contributed by atoms with Gasteiger partial charge in [0.2, 0.25) is 0 Å². The summed E-state index contributed by atoms with van der Waals surface area (Å²) in [6, 6.07) is 5.40. The summed E-state index contributed by atoms with van der Waals surface area (Å²) in [4.78, 5) is 2.26. The highest BCUT2D eigenvalue weighted by Gasteiger charge is 2.46. The van der Waals surface area contributed by atoms with Crippen LogP contribution in [-0.2, 0) is 0 Å². The summed E-state index contributed by atoms with van der Waals surface area (Å²) in [6.45, 7) is 8.07. The molecule has 1 aromatic rings. The van der Waals surface area contributed by atoms with Gasteiger partial charge in [0, 0.05) is 35.8 Å². The van der Waals surface area contributed by atoms with Crippen molar-refractivity contribution in [3.63, 3.8) is 0 Å². The van der Waals surface area contributed by atoms with Gasteiger partial charge in [-0.25, -0.2) is 0 Å². The lowest BCUT2D eigenvalue weighted by atomic mass is 10.0. The summed E-state index contributed by atoms with van der Waals surface area (Å²) >= 11 is 1.49. The Morgan fingerprint density at radius 1 is 1.09 bits per heavy atom. The zero-order valence-corrected chi connectivity index (χ0v) is 15.2. The molecule has 0 unspecified atom stereocenters. The molecule has 23 heavy (non-hydrogen) atoms. The van der Waals surface area contributed by atoms with Crippen molar-refractivity contribution in [3.8, 4) is 0 Å². The van der Waals surface area contributed by atoms with Crippen LogP contribution in [0.15, 0.2) is 29.2 Å². The van der Waals surface area contributed by atoms with Gasteiger partial charge in [-0.2, -0.15) is 13.2 Å². The summed E-state index contributed by atoms with van der Waals surface area (Å²) in [5, 5.41) is 3.11. The van der Waals surface area contributed by atoms with Gasteiger partial charge in [0.15, 0.2) is 0 Å². The molecule has 1 fully saturated rings. The molecule has 0 amide bonds. The molecule has 1 heterocycles. The molecule has 2 nitrogen and oxygen atoms in total. The van der Waals surface area contributed by atoms with Crippen LogP contribution in [0.1, 0.15) is 32.4 Å². The van der Waals surface area contributed by atoms with Crippen LogP contribution in [0.3, 0.4) is 0 Å². The zero-order chi connectivity index (χ0) is 16.4. The van der Waals surface area contributed by atoms with E-state index in [0.29, 0.717) is 31.7 Å². The lowest BCUT2D eigenvalue weighted by Crippen LogP contribution is -2.49. The Hall–Kier alpha value is -0.430. The van der Waals surface area contributed by atoms with Gasteiger partial charge in [0.1, 0.15) is 6.04 Å². The summed E-state index contributed by atoms with van der Waals surface area (Å²) in [5.41, 5.74) is 0.372. The predicted octanol–water partition coefficient (Wildman–Crippen LogP) is 4.51. The monoisotopic (exact) mass is 368 g/mol. The van der Waals surface area contributed by atoms with Crippen LogP contribution >= 0.6 is 24.2 Å². The van der Waals surface area contributed by atoms with Gasteiger partial charge in [-0.15, -0.1) is 24.2 Å². The van der Waals surface area contributed by atoms with Crippen molar-refractivity contribution >= 4 is 24.2 Å². The average Bonchev–Trinajstić information content (AvgIpc) is 2.39. The molecule has 0 spiro atoms. The molecule has 2 rings (SSSR count). The van der Waals surface area contributed by atoms with Gasteiger partial charge in [-0.1, -0.05) is 39.0 Å². The van der Waals surface area contributed by atoms with Crippen LogP contribution in [-0.4, -0.2) is 42.0 Å². The van der Waals surface area contributed by atoms with E-state index < -0.39 is 12.2 Å². The van der Waals surface area contributed by atoms with Crippen LogP contribution in [0.2, 0.25) is 0 Å². The standard InChI is InChI=1S/C16H23F3N2S.ClH/c1-15(2,3)22-13-7-5-4-6-12(13)14(16(17,18)19)21-10-8-20-9-11-21;/h4-7,14,20H,8-11H2,1-3H3;1H/t14-;/m1./s1. The first-order chi connectivity index (χ1) is 10.2. The SMILES string of the molecule is CC(C)(C)Sc1ccccc1[C@@H](N1CCNCC1)C(F)(F)F.Cl. The van der Waals surface area contributed by atoms with E-state index in [9.17, 15) is 13.2 Å². The second-order valence-corrected chi connectivity index (χ2v) is 8.35. The molecule has 1 N–H and O–H groups in total. The molecular weight excluding hydrogens is 345 g/mol. The van der Waals surface area contributed by atoms with Crippen molar-refractivity contribution in [2.24, 2.45) is 0 Å². The van der Waals surface area contributed by atoms with Crippen molar-refractivity contribution in [1.29, 1.82) is 0 Å². The third-order valence-electron chi connectivity index (χ3n) is 3.46. The minimum absolute atomic E-state index is 0. The predicted molar refractivity (Wildman–Crippen MR) is 92.5 cm³/mol. The molecule has 1 saturated heterocycles. The Morgan fingerprint density at radius 2 is 1.65 bits per heavy atom. The number of thioether (sulfide) groups is 1. The summed E-state index contributed by atoms with van der Waals surface area (Å²) in [7, 11) is 0. The van der Waals surface area contributed by atoms with Crippen LogP contribution < -0.4 is 5.32 Å². The maximum Gasteiger partial charge on any atom is 0.408 e. The first kappa shape index (κ1) is 20.6. The number of rotatable bonds is 3. The van der Waals surface area contributed by atoms with Crippen LogP contribution in [0.5, 0.6) is 0 Å². The van der Waals surface area contributed by atoms with Crippen LogP contribution in [0.25, 0.3) is 0 Å². The third-order valence-corrected chi connectivity index (χ3v) is 4.66. The number of benzene rings is 1. The lowest BCUT2D eigenvalue weighted by Gasteiger charge is -2.37. The minimum atomic E-state index is -4.27. The molecule has 0 saturated carbocycles. The van der Waals surface area contributed by atoms with Gasteiger partial charge in [0.05, 0.1) is 0 Å². The van der Waals surface area contributed by atoms with E-state index in [0.717, 1.165) is 4.90 Å². The van der Waals surface area contributed by atoms with E-state index in [4.69, 9.17) is 0 Å². The molecule has 1 aliphatic rings. The normalized spacial score (nSPS) is 18.3. The Bertz CT molecular complexity index is 497. The van der Waals surface area contributed by atoms with Crippen molar-refractivity contribution in [2.45, 2.75) is 42.6 Å². The number of alkyl halides is 3. The molecular formula is C16H24ClF3N2S. The third kappa shape index (κ3) is 5.85. The second-order valence-electron chi connectivity index (χ2n) is 6.48. The van der Waals surface area contributed by atoms with Gasteiger partial charge in [0.25, 0.3) is 0 Å². The largest absolute Gasteiger partial charge is 0.408 e. The van der Waals surface area contributed by atoms with Gasteiger partial charge in [-0.05, 0) is 11.6 Å². The van der Waals surface area contributed by atoms with Gasteiger partial charge < -0.3 is 5.32 Å². The fourth-order valence-corrected chi connectivity index (χ4v) is 3.75. The second kappa shape index (κ2) is 8.10. The van der Waals surface area contributed by atoms with Crippen LogP contribution in [0, 0.1) is 0 Å². The maximum atomic E-state index is 13.7. The van der Waals surface area contributed by atoms with Crippen molar-refractivity contribution in [3.05, 3.63) is 29.8 Å². The van der Waals surface area contributed by atoms with E-state index in [1.807, 2.05) is 26.8 Å².